The molecule has 0 radical (unpaired) electrons. The van der Waals surface area contributed by atoms with Crippen LogP contribution in [-0.2, 0) is 12.1 Å². The lowest BCUT2D eigenvalue weighted by Gasteiger charge is -2.17. The van der Waals surface area contributed by atoms with E-state index in [4.69, 9.17) is 0 Å². The molecule has 0 spiro atoms. The maximum Gasteiger partial charge on any atom is 0.0969 e. The third-order valence-electron chi connectivity index (χ3n) is 3.04. The molecule has 2 aromatic heterocycles. The lowest BCUT2D eigenvalue weighted by atomic mass is 10.1. The Morgan fingerprint density at radius 2 is 2.15 bits per heavy atom. The average molecular weight is 293 g/mol. The van der Waals surface area contributed by atoms with Crippen LogP contribution in [0.2, 0.25) is 0 Å². The van der Waals surface area contributed by atoms with Crippen LogP contribution >= 0.6 is 11.3 Å². The zero-order valence-electron chi connectivity index (χ0n) is 12.8. The molecule has 0 aliphatic carbocycles. The molecule has 2 heterocycles. The fourth-order valence-electron chi connectivity index (χ4n) is 1.81. The molecule has 0 saturated heterocycles. The largest absolute Gasteiger partial charge is 0.310 e. The van der Waals surface area contributed by atoms with Gasteiger partial charge in [0.15, 0.2) is 0 Å². The molecule has 1 N–H and O–H groups in total. The molecule has 0 fully saturated rings. The summed E-state index contributed by atoms with van der Waals surface area (Å²) in [7, 11) is 0. The highest BCUT2D eigenvalue weighted by atomic mass is 32.1. The standard InChI is InChI=1S/C14H23N5S/c1-10(13-16-11(2)9-20-13)6-15-7-12-8-19(18-17-12)14(3,4)5/h8-10,15H,6-7H2,1-5H3. The normalized spacial score (nSPS) is 13.7. The van der Waals surface area contributed by atoms with Crippen molar-refractivity contribution in [1.29, 1.82) is 0 Å². The minimum absolute atomic E-state index is 0.0169. The number of thiazole rings is 1. The molecule has 110 valence electrons. The zero-order valence-corrected chi connectivity index (χ0v) is 13.7. The van der Waals surface area contributed by atoms with E-state index in [9.17, 15) is 0 Å². The third kappa shape index (κ3) is 3.86. The van der Waals surface area contributed by atoms with Crippen molar-refractivity contribution in [3.8, 4) is 0 Å². The van der Waals surface area contributed by atoms with Crippen molar-refractivity contribution in [3.63, 3.8) is 0 Å². The van der Waals surface area contributed by atoms with Gasteiger partial charge in [0.05, 0.1) is 22.4 Å². The summed E-state index contributed by atoms with van der Waals surface area (Å²) in [6.45, 7) is 12.2. The van der Waals surface area contributed by atoms with Crippen molar-refractivity contribution >= 4 is 11.3 Å². The molecule has 20 heavy (non-hydrogen) atoms. The molecular weight excluding hydrogens is 270 g/mol. The number of hydrogen-bond donors (Lipinski definition) is 1. The molecule has 5 nitrogen and oxygen atoms in total. The van der Waals surface area contributed by atoms with Gasteiger partial charge in [0.1, 0.15) is 0 Å². The Morgan fingerprint density at radius 1 is 1.40 bits per heavy atom. The summed E-state index contributed by atoms with van der Waals surface area (Å²) in [4.78, 5) is 4.52. The first kappa shape index (κ1) is 15.1. The van der Waals surface area contributed by atoms with Gasteiger partial charge in [-0.3, -0.25) is 0 Å². The van der Waals surface area contributed by atoms with Crippen molar-refractivity contribution in [1.82, 2.24) is 25.3 Å². The summed E-state index contributed by atoms with van der Waals surface area (Å²) in [6, 6.07) is 0. The fourth-order valence-corrected chi connectivity index (χ4v) is 2.67. The third-order valence-corrected chi connectivity index (χ3v) is 4.24. The lowest BCUT2D eigenvalue weighted by Crippen LogP contribution is -2.22. The van der Waals surface area contributed by atoms with E-state index in [1.165, 1.54) is 5.01 Å². The zero-order chi connectivity index (χ0) is 14.8. The van der Waals surface area contributed by atoms with E-state index in [0.717, 1.165) is 24.5 Å². The quantitative estimate of drug-likeness (QED) is 0.921. The van der Waals surface area contributed by atoms with Crippen molar-refractivity contribution in [2.45, 2.75) is 52.6 Å². The number of aryl methyl sites for hydroxylation is 1. The van der Waals surface area contributed by atoms with Gasteiger partial charge in [-0.2, -0.15) is 0 Å². The number of rotatable bonds is 5. The van der Waals surface area contributed by atoms with Crippen LogP contribution in [0.15, 0.2) is 11.6 Å². The number of aromatic nitrogens is 4. The van der Waals surface area contributed by atoms with Crippen LogP contribution in [0.1, 0.15) is 50.0 Å². The van der Waals surface area contributed by atoms with Crippen LogP contribution in [0.4, 0.5) is 0 Å². The first-order valence-corrected chi connectivity index (χ1v) is 7.78. The highest BCUT2D eigenvalue weighted by molar-refractivity contribution is 7.09. The smallest absolute Gasteiger partial charge is 0.0969 e. The Labute approximate surface area is 124 Å². The van der Waals surface area contributed by atoms with Crippen LogP contribution < -0.4 is 5.32 Å². The molecule has 2 rings (SSSR count). The molecule has 0 amide bonds. The Bertz CT molecular complexity index is 552. The second-order valence-corrected chi connectivity index (χ2v) is 7.07. The summed E-state index contributed by atoms with van der Waals surface area (Å²) >= 11 is 1.73. The maximum absolute atomic E-state index is 4.52. The molecule has 0 aliphatic heterocycles. The van der Waals surface area contributed by atoms with E-state index in [2.05, 4.69) is 53.7 Å². The van der Waals surface area contributed by atoms with Crippen molar-refractivity contribution in [2.75, 3.05) is 6.54 Å². The maximum atomic E-state index is 4.52. The van der Waals surface area contributed by atoms with Gasteiger partial charge in [-0.05, 0) is 27.7 Å². The van der Waals surface area contributed by atoms with Crippen LogP contribution in [0.3, 0.4) is 0 Å². The van der Waals surface area contributed by atoms with E-state index in [0.29, 0.717) is 5.92 Å². The van der Waals surface area contributed by atoms with Gasteiger partial charge in [0, 0.05) is 30.1 Å². The lowest BCUT2D eigenvalue weighted by molar-refractivity contribution is 0.347. The minimum Gasteiger partial charge on any atom is -0.310 e. The molecule has 0 saturated carbocycles. The summed E-state index contributed by atoms with van der Waals surface area (Å²) in [5.74, 6) is 0.423. The van der Waals surface area contributed by atoms with Crippen LogP contribution in [0, 0.1) is 6.92 Å². The Balaban J connectivity index is 1.82. The van der Waals surface area contributed by atoms with Gasteiger partial charge in [-0.15, -0.1) is 16.4 Å². The molecule has 0 aromatic carbocycles. The summed E-state index contributed by atoms with van der Waals surface area (Å²) in [5, 5.41) is 15.1. The van der Waals surface area contributed by atoms with Crippen molar-refractivity contribution in [2.24, 2.45) is 0 Å². The predicted molar refractivity (Wildman–Crippen MR) is 82.0 cm³/mol. The van der Waals surface area contributed by atoms with Gasteiger partial charge in [-0.25, -0.2) is 9.67 Å². The first-order valence-electron chi connectivity index (χ1n) is 6.90. The second-order valence-electron chi connectivity index (χ2n) is 6.18. The summed E-state index contributed by atoms with van der Waals surface area (Å²) in [6.07, 6.45) is 2.01. The molecule has 0 bridgehead atoms. The van der Waals surface area contributed by atoms with Gasteiger partial charge in [0.25, 0.3) is 0 Å². The van der Waals surface area contributed by atoms with Gasteiger partial charge in [-0.1, -0.05) is 12.1 Å². The monoisotopic (exact) mass is 293 g/mol. The Kier molecular flexibility index (Phi) is 4.55. The molecule has 1 unspecified atom stereocenters. The highest BCUT2D eigenvalue weighted by Crippen LogP contribution is 2.19. The predicted octanol–water partition coefficient (Wildman–Crippen LogP) is 2.69. The van der Waals surface area contributed by atoms with Gasteiger partial charge in [0.2, 0.25) is 0 Å². The highest BCUT2D eigenvalue weighted by Gasteiger charge is 2.15. The van der Waals surface area contributed by atoms with Gasteiger partial charge < -0.3 is 5.32 Å². The van der Waals surface area contributed by atoms with Crippen LogP contribution in [-0.4, -0.2) is 26.5 Å². The minimum atomic E-state index is -0.0169. The Hall–Kier alpha value is -1.27. The Morgan fingerprint density at radius 3 is 2.70 bits per heavy atom. The topological polar surface area (TPSA) is 55.6 Å². The van der Waals surface area contributed by atoms with Crippen LogP contribution in [0.25, 0.3) is 0 Å². The first-order chi connectivity index (χ1) is 9.36. The summed E-state index contributed by atoms with van der Waals surface area (Å²) in [5.41, 5.74) is 2.06. The molecular formula is C14H23N5S. The number of nitrogens with one attached hydrogen (secondary N) is 1. The number of nitrogens with zero attached hydrogens (tertiary/aromatic N) is 4. The SMILES string of the molecule is Cc1csc(C(C)CNCc2cn(C(C)(C)C)nn2)n1. The van der Waals surface area contributed by atoms with E-state index in [1.807, 2.05) is 17.8 Å². The van der Waals surface area contributed by atoms with E-state index in [-0.39, 0.29) is 5.54 Å². The van der Waals surface area contributed by atoms with Gasteiger partial charge >= 0.3 is 0 Å². The van der Waals surface area contributed by atoms with E-state index < -0.39 is 0 Å². The molecule has 6 heteroatoms. The number of hydrogen-bond acceptors (Lipinski definition) is 5. The second kappa shape index (κ2) is 6.01. The van der Waals surface area contributed by atoms with E-state index in [1.54, 1.807) is 11.3 Å². The molecule has 0 aliphatic rings. The van der Waals surface area contributed by atoms with Crippen LogP contribution in [0.5, 0.6) is 0 Å². The molecule has 1 atom stereocenters. The fraction of sp³-hybridized carbons (Fsp3) is 0.643. The average Bonchev–Trinajstić information content (AvgIpc) is 2.97. The summed E-state index contributed by atoms with van der Waals surface area (Å²) < 4.78 is 1.90. The van der Waals surface area contributed by atoms with E-state index >= 15 is 0 Å². The van der Waals surface area contributed by atoms with Crippen molar-refractivity contribution < 1.29 is 0 Å². The molecule has 2 aromatic rings. The van der Waals surface area contributed by atoms with Crippen molar-refractivity contribution in [3.05, 3.63) is 28.0 Å².